The van der Waals surface area contributed by atoms with Gasteiger partial charge >= 0.3 is 0 Å². The molecule has 2 unspecified atom stereocenters. The van der Waals surface area contributed by atoms with Crippen molar-refractivity contribution < 1.29 is 14.4 Å². The van der Waals surface area contributed by atoms with Gasteiger partial charge in [-0.1, -0.05) is 91.1 Å². The molecule has 1 N–H and O–H groups in total. The van der Waals surface area contributed by atoms with E-state index in [1.54, 1.807) is 40.7 Å². The highest BCUT2D eigenvalue weighted by Crippen LogP contribution is 2.38. The van der Waals surface area contributed by atoms with E-state index in [0.29, 0.717) is 37.6 Å². The molecule has 2 aliphatic rings. The summed E-state index contributed by atoms with van der Waals surface area (Å²) in [5.41, 5.74) is 6.30. The highest BCUT2D eigenvalue weighted by molar-refractivity contribution is 7.14. The van der Waals surface area contributed by atoms with Crippen LogP contribution in [0.25, 0.3) is 45.7 Å². The van der Waals surface area contributed by atoms with Gasteiger partial charge in [0.05, 0.1) is 33.3 Å². The predicted molar refractivity (Wildman–Crippen MR) is 194 cm³/mol. The summed E-state index contributed by atoms with van der Waals surface area (Å²) in [6.45, 7) is 3.95. The molecule has 8 rings (SSSR count). The van der Waals surface area contributed by atoms with Gasteiger partial charge in [-0.25, -0.2) is 19.9 Å². The number of benzene rings is 3. The molecule has 2 atom stereocenters. The number of amides is 1. The lowest BCUT2D eigenvalue weighted by molar-refractivity contribution is -0.122. The fourth-order valence-corrected chi connectivity index (χ4v) is 7.41. The van der Waals surface area contributed by atoms with Gasteiger partial charge in [-0.3, -0.25) is 14.4 Å². The minimum Gasteiger partial charge on any atom is -0.318 e. The second-order valence-corrected chi connectivity index (χ2v) is 13.6. The van der Waals surface area contributed by atoms with Gasteiger partial charge < -0.3 is 9.88 Å². The molecule has 0 fully saturated rings. The van der Waals surface area contributed by atoms with Crippen LogP contribution < -0.4 is 15.8 Å². The highest BCUT2D eigenvalue weighted by Gasteiger charge is 2.27. The van der Waals surface area contributed by atoms with Crippen LogP contribution in [0.3, 0.4) is 0 Å². The van der Waals surface area contributed by atoms with Crippen LogP contribution in [0, 0.1) is 5.92 Å². The van der Waals surface area contributed by atoms with Gasteiger partial charge in [-0.2, -0.15) is 0 Å². The first-order valence-electron chi connectivity index (χ1n) is 15.1. The van der Waals surface area contributed by atoms with Crippen molar-refractivity contribution in [2.75, 3.05) is 5.32 Å². The molecule has 0 aliphatic heterocycles. The molecule has 3 aromatic heterocycles. The number of imidazole rings is 1. The predicted octanol–water partition coefficient (Wildman–Crippen LogP) is 6.98. The van der Waals surface area contributed by atoms with Crippen molar-refractivity contribution in [3.63, 3.8) is 0 Å². The van der Waals surface area contributed by atoms with Crippen molar-refractivity contribution in [1.29, 1.82) is 0 Å². The molecule has 2 aliphatic carbocycles. The molecule has 0 saturated heterocycles. The van der Waals surface area contributed by atoms with Crippen LogP contribution >= 0.6 is 46.1 Å². The summed E-state index contributed by atoms with van der Waals surface area (Å²) in [5, 5.41) is 7.95. The van der Waals surface area contributed by atoms with E-state index in [0.717, 1.165) is 32.7 Å². The number of ketones is 2. The summed E-state index contributed by atoms with van der Waals surface area (Å²) in [7, 11) is 0. The van der Waals surface area contributed by atoms with Crippen LogP contribution in [-0.2, 0) is 16.1 Å². The molecule has 1 amide bonds. The first-order chi connectivity index (χ1) is 23.6. The Balaban J connectivity index is 0.000000157. The summed E-state index contributed by atoms with van der Waals surface area (Å²) in [4.78, 5) is 53.5. The quantitative estimate of drug-likeness (QED) is 0.195. The molecular formula is C36H25Cl3N6O3S. The summed E-state index contributed by atoms with van der Waals surface area (Å²) in [5.74, 6) is -0.174. The number of anilines is 1. The average Bonchev–Trinajstić information content (AvgIpc) is 3.73. The van der Waals surface area contributed by atoms with Crippen LogP contribution in [0.4, 0.5) is 5.13 Å². The lowest BCUT2D eigenvalue weighted by atomic mass is 9.79. The fraction of sp³-hybridized carbons (Fsp3) is 0.139. The number of carbonyl (C=O) groups is 3. The molecule has 0 radical (unpaired) electrons. The average molecular weight is 728 g/mol. The normalized spacial score (nSPS) is 16.0. The van der Waals surface area contributed by atoms with Crippen molar-refractivity contribution >= 4 is 92.1 Å². The molecule has 6 aromatic rings. The van der Waals surface area contributed by atoms with E-state index in [1.165, 1.54) is 17.7 Å². The molecular weight excluding hydrogens is 703 g/mol. The first-order valence-corrected chi connectivity index (χ1v) is 17.2. The van der Waals surface area contributed by atoms with E-state index in [2.05, 4.69) is 25.3 Å². The van der Waals surface area contributed by atoms with E-state index in [1.807, 2.05) is 56.3 Å². The third-order valence-electron chi connectivity index (χ3n) is 8.51. The van der Waals surface area contributed by atoms with Crippen molar-refractivity contribution in [1.82, 2.24) is 24.5 Å². The molecule has 0 saturated carbocycles. The Hall–Kier alpha value is -4.74. The third kappa shape index (κ3) is 6.17. The zero-order chi connectivity index (χ0) is 34.4. The Morgan fingerprint density at radius 1 is 0.918 bits per heavy atom. The molecule has 0 spiro atoms. The maximum absolute atomic E-state index is 12.4. The van der Waals surface area contributed by atoms with E-state index in [-0.39, 0.29) is 40.9 Å². The number of Topliss-reactive ketones (excluding diaryl/α,β-unsaturated/α-hetero) is 2. The molecule has 3 aromatic carbocycles. The Kier molecular flexibility index (Phi) is 8.89. The third-order valence-corrected chi connectivity index (χ3v) is 10.6. The smallest absolute Gasteiger partial charge is 0.246 e. The minimum atomic E-state index is -0.251. The Labute approximate surface area is 298 Å². The Bertz CT molecular complexity index is 2460. The molecule has 244 valence electrons. The van der Waals surface area contributed by atoms with Gasteiger partial charge in [0.25, 0.3) is 0 Å². The number of nitrogens with one attached hydrogen (secondary N) is 1. The van der Waals surface area contributed by atoms with Crippen molar-refractivity contribution in [2.24, 2.45) is 5.92 Å². The number of halogens is 3. The van der Waals surface area contributed by atoms with Gasteiger partial charge in [-0.15, -0.1) is 11.3 Å². The maximum atomic E-state index is 12.4. The molecule has 49 heavy (non-hydrogen) atoms. The van der Waals surface area contributed by atoms with Gasteiger partial charge in [-0.05, 0) is 45.3 Å². The molecule has 0 bridgehead atoms. The summed E-state index contributed by atoms with van der Waals surface area (Å²) < 4.78 is 1.66. The summed E-state index contributed by atoms with van der Waals surface area (Å²) in [6, 6.07) is 15.2. The second-order valence-electron chi connectivity index (χ2n) is 11.6. The van der Waals surface area contributed by atoms with Crippen LogP contribution in [0.15, 0.2) is 72.8 Å². The van der Waals surface area contributed by atoms with Gasteiger partial charge in [0, 0.05) is 28.3 Å². The number of hydrogen-bond acceptors (Lipinski definition) is 8. The van der Waals surface area contributed by atoms with Crippen LogP contribution in [0.2, 0.25) is 15.1 Å². The molecule has 13 heteroatoms. The van der Waals surface area contributed by atoms with Crippen molar-refractivity contribution in [3.8, 4) is 22.4 Å². The number of fused-ring (bicyclic) bond motifs is 6. The number of rotatable bonds is 4. The van der Waals surface area contributed by atoms with E-state index >= 15 is 0 Å². The fourth-order valence-electron chi connectivity index (χ4n) is 6.05. The standard InChI is InChI=1S/C20H16O2.C16H9Cl3N6OS/c1-11-9-17-13(12(2)20(11)22)7-8-15-14-5-3-4-6-16(14)19(21)10-18(15)17;17-9-2-1-8(13(18)14(9)19)10-5-27-16(23-10)24-12(26)4-25-7-22-15-11(25)3-20-6-21-15/h3-12H,1-2H3;1-3,5-7H,4H2,(H,23,24,26). The van der Waals surface area contributed by atoms with E-state index in [9.17, 15) is 14.4 Å². The zero-order valence-corrected chi connectivity index (χ0v) is 29.0. The number of aromatic nitrogens is 5. The van der Waals surface area contributed by atoms with Crippen LogP contribution in [0.5, 0.6) is 0 Å². The monoisotopic (exact) mass is 726 g/mol. The van der Waals surface area contributed by atoms with Crippen molar-refractivity contribution in [2.45, 2.75) is 26.3 Å². The van der Waals surface area contributed by atoms with Crippen LogP contribution in [-0.4, -0.2) is 42.0 Å². The largest absolute Gasteiger partial charge is 0.318 e. The molecule has 3 heterocycles. The lowest BCUT2D eigenvalue weighted by Crippen LogP contribution is -2.40. The SMILES string of the molecule is CC1C=c2c(ccc3c2=CC(=O)c2ccccc2-3)C(C)C1=O.O=C(Cn1cnc2ncncc21)Nc1nc(-c2ccc(Cl)c(Cl)c2Cl)cs1. The number of carbonyl (C=O) groups excluding carboxylic acids is 3. The Morgan fingerprint density at radius 3 is 2.51 bits per heavy atom. The topological polar surface area (TPSA) is 120 Å². The number of thiazole rings is 1. The molecule has 9 nitrogen and oxygen atoms in total. The second kappa shape index (κ2) is 13.3. The minimum absolute atomic E-state index is 0.0436. The zero-order valence-electron chi connectivity index (χ0n) is 25.9. The van der Waals surface area contributed by atoms with Gasteiger partial charge in [0.1, 0.15) is 24.2 Å². The van der Waals surface area contributed by atoms with Crippen molar-refractivity contribution in [3.05, 3.63) is 109 Å². The maximum Gasteiger partial charge on any atom is 0.246 e. The van der Waals surface area contributed by atoms with Gasteiger partial charge in [0.15, 0.2) is 16.6 Å². The first kappa shape index (κ1) is 32.8. The lowest BCUT2D eigenvalue weighted by Gasteiger charge is -2.23. The van der Waals surface area contributed by atoms with E-state index in [4.69, 9.17) is 34.8 Å². The Morgan fingerprint density at radius 2 is 1.69 bits per heavy atom. The van der Waals surface area contributed by atoms with E-state index < -0.39 is 0 Å². The highest BCUT2D eigenvalue weighted by atomic mass is 35.5. The number of nitrogens with zero attached hydrogens (tertiary/aromatic N) is 5. The number of hydrogen-bond donors (Lipinski definition) is 1. The summed E-state index contributed by atoms with van der Waals surface area (Å²) >= 11 is 19.5. The van der Waals surface area contributed by atoms with Crippen LogP contribution in [0.1, 0.15) is 35.7 Å². The van der Waals surface area contributed by atoms with Gasteiger partial charge in [0.2, 0.25) is 5.91 Å². The summed E-state index contributed by atoms with van der Waals surface area (Å²) in [6.07, 6.45) is 8.29.